The molecule has 1 amide bonds. The first-order chi connectivity index (χ1) is 8.54. The SMILES string of the molecule is Cc1ccc(C#CCN)c(C(=O)NCC(F)F)c1. The lowest BCUT2D eigenvalue weighted by Crippen LogP contribution is -2.29. The Labute approximate surface area is 104 Å². The Morgan fingerprint density at radius 3 is 2.83 bits per heavy atom. The quantitative estimate of drug-likeness (QED) is 0.797. The molecule has 5 heteroatoms. The van der Waals surface area contributed by atoms with Crippen molar-refractivity contribution in [1.29, 1.82) is 0 Å². The molecule has 96 valence electrons. The van der Waals surface area contributed by atoms with E-state index >= 15 is 0 Å². The van der Waals surface area contributed by atoms with E-state index in [1.807, 2.05) is 6.92 Å². The van der Waals surface area contributed by atoms with Gasteiger partial charge in [-0.2, -0.15) is 0 Å². The maximum Gasteiger partial charge on any atom is 0.255 e. The van der Waals surface area contributed by atoms with Gasteiger partial charge in [-0.3, -0.25) is 4.79 Å². The molecule has 1 aromatic rings. The standard InChI is InChI=1S/C13H14F2N2O/c1-9-4-5-10(3-2-6-16)11(7-9)13(18)17-8-12(14)15/h4-5,7,12H,6,8,16H2,1H3,(H,17,18). The number of carbonyl (C=O) groups is 1. The van der Waals surface area contributed by atoms with Crippen LogP contribution >= 0.6 is 0 Å². The number of rotatable bonds is 3. The third-order valence-corrected chi connectivity index (χ3v) is 2.16. The molecule has 3 N–H and O–H groups in total. The van der Waals surface area contributed by atoms with Gasteiger partial charge in [-0.25, -0.2) is 8.78 Å². The van der Waals surface area contributed by atoms with Crippen LogP contribution in [0.15, 0.2) is 18.2 Å². The van der Waals surface area contributed by atoms with Crippen molar-refractivity contribution in [2.75, 3.05) is 13.1 Å². The van der Waals surface area contributed by atoms with Gasteiger partial charge in [-0.05, 0) is 19.1 Å². The van der Waals surface area contributed by atoms with Crippen LogP contribution < -0.4 is 11.1 Å². The smallest absolute Gasteiger partial charge is 0.255 e. The molecular formula is C13H14F2N2O. The van der Waals surface area contributed by atoms with Crippen molar-refractivity contribution < 1.29 is 13.6 Å². The molecule has 0 aliphatic carbocycles. The van der Waals surface area contributed by atoms with E-state index in [0.717, 1.165) is 5.56 Å². The van der Waals surface area contributed by atoms with Crippen LogP contribution in [0.5, 0.6) is 0 Å². The predicted molar refractivity (Wildman–Crippen MR) is 65.4 cm³/mol. The summed E-state index contributed by atoms with van der Waals surface area (Å²) >= 11 is 0. The number of alkyl halides is 2. The van der Waals surface area contributed by atoms with Crippen LogP contribution in [0.3, 0.4) is 0 Å². The van der Waals surface area contributed by atoms with Crippen molar-refractivity contribution >= 4 is 5.91 Å². The van der Waals surface area contributed by atoms with Crippen LogP contribution in [0.1, 0.15) is 21.5 Å². The van der Waals surface area contributed by atoms with Crippen LogP contribution in [-0.2, 0) is 0 Å². The van der Waals surface area contributed by atoms with Gasteiger partial charge in [0, 0.05) is 5.56 Å². The fourth-order valence-electron chi connectivity index (χ4n) is 1.37. The first kappa shape index (κ1) is 14.1. The van der Waals surface area contributed by atoms with E-state index in [2.05, 4.69) is 17.2 Å². The largest absolute Gasteiger partial charge is 0.346 e. The Bertz CT molecular complexity index is 489. The molecule has 18 heavy (non-hydrogen) atoms. The number of amides is 1. The maximum absolute atomic E-state index is 12.0. The Morgan fingerprint density at radius 1 is 1.50 bits per heavy atom. The van der Waals surface area contributed by atoms with Gasteiger partial charge in [0.25, 0.3) is 12.3 Å². The average molecular weight is 252 g/mol. The molecule has 1 rings (SSSR count). The highest BCUT2D eigenvalue weighted by Crippen LogP contribution is 2.11. The maximum atomic E-state index is 12.0. The molecule has 0 radical (unpaired) electrons. The molecule has 0 aromatic heterocycles. The highest BCUT2D eigenvalue weighted by Gasteiger charge is 2.12. The van der Waals surface area contributed by atoms with Gasteiger partial charge in [-0.1, -0.05) is 23.5 Å². The van der Waals surface area contributed by atoms with Crippen molar-refractivity contribution in [3.8, 4) is 11.8 Å². The van der Waals surface area contributed by atoms with Gasteiger partial charge in [0.15, 0.2) is 0 Å². The summed E-state index contributed by atoms with van der Waals surface area (Å²) in [6, 6.07) is 5.08. The number of carbonyl (C=O) groups excluding carboxylic acids is 1. The van der Waals surface area contributed by atoms with E-state index in [1.165, 1.54) is 0 Å². The van der Waals surface area contributed by atoms with Crippen molar-refractivity contribution in [2.24, 2.45) is 5.73 Å². The summed E-state index contributed by atoms with van der Waals surface area (Å²) in [7, 11) is 0. The molecule has 0 saturated carbocycles. The monoisotopic (exact) mass is 252 g/mol. The van der Waals surface area contributed by atoms with E-state index in [4.69, 9.17) is 5.73 Å². The summed E-state index contributed by atoms with van der Waals surface area (Å²) in [5.41, 5.74) is 6.89. The molecule has 0 aliphatic rings. The molecule has 0 aliphatic heterocycles. The molecule has 0 fully saturated rings. The number of aryl methyl sites for hydroxylation is 1. The van der Waals surface area contributed by atoms with E-state index < -0.39 is 18.9 Å². The van der Waals surface area contributed by atoms with Gasteiger partial charge in [0.2, 0.25) is 0 Å². The molecule has 0 atom stereocenters. The second kappa shape index (κ2) is 6.72. The first-order valence-corrected chi connectivity index (χ1v) is 5.40. The number of nitrogens with two attached hydrogens (primary N) is 1. The molecule has 0 bridgehead atoms. The number of halogens is 2. The van der Waals surface area contributed by atoms with Crippen LogP contribution in [0.25, 0.3) is 0 Å². The molecule has 0 spiro atoms. The second-order valence-corrected chi connectivity index (χ2v) is 3.66. The van der Waals surface area contributed by atoms with Crippen molar-refractivity contribution in [3.63, 3.8) is 0 Å². The Kier molecular flexibility index (Phi) is 5.28. The van der Waals surface area contributed by atoms with E-state index in [1.54, 1.807) is 18.2 Å². The summed E-state index contributed by atoms with van der Waals surface area (Å²) < 4.78 is 24.1. The summed E-state index contributed by atoms with van der Waals surface area (Å²) in [5.74, 6) is 4.82. The third-order valence-electron chi connectivity index (χ3n) is 2.16. The fourth-order valence-corrected chi connectivity index (χ4v) is 1.37. The third kappa shape index (κ3) is 4.15. The molecule has 0 heterocycles. The van der Waals surface area contributed by atoms with Crippen LogP contribution in [0, 0.1) is 18.8 Å². The van der Waals surface area contributed by atoms with E-state index in [-0.39, 0.29) is 12.1 Å². The van der Waals surface area contributed by atoms with Crippen LogP contribution in [0.4, 0.5) is 8.78 Å². The van der Waals surface area contributed by atoms with Crippen LogP contribution in [0.2, 0.25) is 0 Å². The molecule has 0 saturated heterocycles. The topological polar surface area (TPSA) is 55.1 Å². The van der Waals surface area contributed by atoms with Crippen molar-refractivity contribution in [2.45, 2.75) is 13.3 Å². The molecule has 0 unspecified atom stereocenters. The predicted octanol–water partition coefficient (Wildman–Crippen LogP) is 1.30. The van der Waals surface area contributed by atoms with Crippen molar-refractivity contribution in [3.05, 3.63) is 34.9 Å². The zero-order valence-electron chi connectivity index (χ0n) is 9.97. The lowest BCUT2D eigenvalue weighted by Gasteiger charge is -2.07. The highest BCUT2D eigenvalue weighted by atomic mass is 19.3. The Balaban J connectivity index is 2.97. The Morgan fingerprint density at radius 2 is 2.22 bits per heavy atom. The Hall–Kier alpha value is -1.93. The minimum Gasteiger partial charge on any atom is -0.346 e. The number of nitrogens with one attached hydrogen (secondary N) is 1. The zero-order chi connectivity index (χ0) is 13.5. The van der Waals surface area contributed by atoms with Crippen molar-refractivity contribution in [1.82, 2.24) is 5.32 Å². The van der Waals surface area contributed by atoms with Gasteiger partial charge >= 0.3 is 0 Å². The summed E-state index contributed by atoms with van der Waals surface area (Å²) in [5, 5.41) is 2.15. The van der Waals surface area contributed by atoms with E-state index in [0.29, 0.717) is 5.56 Å². The first-order valence-electron chi connectivity index (χ1n) is 5.40. The zero-order valence-corrected chi connectivity index (χ0v) is 9.97. The van der Waals surface area contributed by atoms with Gasteiger partial charge in [-0.15, -0.1) is 0 Å². The second-order valence-electron chi connectivity index (χ2n) is 3.66. The number of hydrogen-bond donors (Lipinski definition) is 2. The minimum atomic E-state index is -2.57. The van der Waals surface area contributed by atoms with Gasteiger partial charge in [0.1, 0.15) is 0 Å². The highest BCUT2D eigenvalue weighted by molar-refractivity contribution is 5.96. The minimum absolute atomic E-state index is 0.173. The lowest BCUT2D eigenvalue weighted by atomic mass is 10.0. The summed E-state index contributed by atoms with van der Waals surface area (Å²) in [6.45, 7) is 1.31. The lowest BCUT2D eigenvalue weighted by molar-refractivity contribution is 0.0891. The van der Waals surface area contributed by atoms with Crippen LogP contribution in [-0.4, -0.2) is 25.4 Å². The van der Waals surface area contributed by atoms with Gasteiger partial charge in [0.05, 0.1) is 18.7 Å². The number of benzene rings is 1. The normalized spacial score (nSPS) is 9.83. The fraction of sp³-hybridized carbons (Fsp3) is 0.308. The molecular weight excluding hydrogens is 238 g/mol. The van der Waals surface area contributed by atoms with E-state index in [9.17, 15) is 13.6 Å². The molecule has 3 nitrogen and oxygen atoms in total. The molecule has 1 aromatic carbocycles. The summed E-state index contributed by atoms with van der Waals surface area (Å²) in [4.78, 5) is 11.7. The summed E-state index contributed by atoms with van der Waals surface area (Å²) in [6.07, 6.45) is -2.57. The van der Waals surface area contributed by atoms with Gasteiger partial charge < -0.3 is 11.1 Å². The average Bonchev–Trinajstić information content (AvgIpc) is 2.34. The number of hydrogen-bond acceptors (Lipinski definition) is 2.